The number of nitrogens with zero attached hydrogens (tertiary/aromatic N) is 2. The third-order valence-corrected chi connectivity index (χ3v) is 7.49. The maximum atomic E-state index is 13.6. The van der Waals surface area contributed by atoms with Crippen LogP contribution in [0.1, 0.15) is 38.5 Å². The monoisotopic (exact) mass is 494 g/mol. The molecule has 0 bridgehead atoms. The Balaban J connectivity index is 1.33. The van der Waals surface area contributed by atoms with Gasteiger partial charge in [-0.3, -0.25) is 9.59 Å². The van der Waals surface area contributed by atoms with Gasteiger partial charge < -0.3 is 9.80 Å². The van der Waals surface area contributed by atoms with Crippen LogP contribution < -0.4 is 0 Å². The van der Waals surface area contributed by atoms with Gasteiger partial charge in [-0.1, -0.05) is 72.8 Å². The molecule has 0 radical (unpaired) electrons. The van der Waals surface area contributed by atoms with E-state index in [4.69, 9.17) is 0 Å². The number of hydrogen-bond acceptors (Lipinski definition) is 3. The molecule has 1 aliphatic carbocycles. The van der Waals surface area contributed by atoms with Crippen LogP contribution in [0, 0.1) is 6.92 Å². The Hall–Kier alpha value is -3.70. The third kappa shape index (κ3) is 5.92. The normalized spacial score (nSPS) is 12.8. The molecule has 4 aromatic rings. The van der Waals surface area contributed by atoms with Crippen molar-refractivity contribution in [2.24, 2.45) is 0 Å². The van der Waals surface area contributed by atoms with Crippen molar-refractivity contribution in [1.82, 2.24) is 9.80 Å². The zero-order valence-corrected chi connectivity index (χ0v) is 21.3. The van der Waals surface area contributed by atoms with Gasteiger partial charge in [0.1, 0.15) is 6.54 Å². The number of hydrogen-bond donors (Lipinski definition) is 0. The van der Waals surface area contributed by atoms with Crippen molar-refractivity contribution in [1.29, 1.82) is 0 Å². The summed E-state index contributed by atoms with van der Waals surface area (Å²) in [4.78, 5) is 33.2. The van der Waals surface area contributed by atoms with E-state index in [1.54, 1.807) is 16.2 Å². The summed E-state index contributed by atoms with van der Waals surface area (Å²) in [5.74, 6) is -0.0943. The van der Waals surface area contributed by atoms with Gasteiger partial charge in [-0.15, -0.1) is 11.3 Å². The number of carbonyl (C=O) groups is 2. The van der Waals surface area contributed by atoms with Gasteiger partial charge in [0.05, 0.1) is 6.54 Å². The molecule has 0 atom stereocenters. The van der Waals surface area contributed by atoms with Gasteiger partial charge in [0.2, 0.25) is 5.91 Å². The first-order valence-corrected chi connectivity index (χ1v) is 13.2. The van der Waals surface area contributed by atoms with Crippen LogP contribution in [0.2, 0.25) is 0 Å². The fourth-order valence-electron chi connectivity index (χ4n) is 4.39. The quantitative estimate of drug-likeness (QED) is 0.264. The molecule has 1 aliphatic rings. The second kappa shape index (κ2) is 10.9. The Morgan fingerprint density at radius 1 is 0.778 bits per heavy atom. The molecule has 1 heterocycles. The van der Waals surface area contributed by atoms with Crippen molar-refractivity contribution in [2.75, 3.05) is 6.54 Å². The molecule has 36 heavy (non-hydrogen) atoms. The summed E-state index contributed by atoms with van der Waals surface area (Å²) in [6.07, 6.45) is 1.90. The van der Waals surface area contributed by atoms with Crippen molar-refractivity contribution >= 4 is 23.2 Å². The van der Waals surface area contributed by atoms with Gasteiger partial charge in [-0.2, -0.15) is 0 Å². The van der Waals surface area contributed by atoms with Gasteiger partial charge in [0, 0.05) is 27.9 Å². The number of carbonyl (C=O) groups excluding carboxylic acids is 2. The van der Waals surface area contributed by atoms with E-state index in [1.165, 1.54) is 4.88 Å². The second-order valence-electron chi connectivity index (χ2n) is 9.36. The van der Waals surface area contributed by atoms with Gasteiger partial charge >= 0.3 is 0 Å². The fourth-order valence-corrected chi connectivity index (χ4v) is 5.30. The summed E-state index contributed by atoms with van der Waals surface area (Å²) in [7, 11) is 0. The van der Waals surface area contributed by atoms with E-state index < -0.39 is 0 Å². The number of benzene rings is 3. The Kier molecular flexibility index (Phi) is 7.28. The molecule has 1 aromatic heterocycles. The minimum Gasteiger partial charge on any atom is -0.332 e. The maximum absolute atomic E-state index is 13.6. The van der Waals surface area contributed by atoms with E-state index in [9.17, 15) is 9.59 Å². The minimum absolute atomic E-state index is 0.0222. The van der Waals surface area contributed by atoms with E-state index in [1.807, 2.05) is 77.7 Å². The molecule has 0 saturated heterocycles. The maximum Gasteiger partial charge on any atom is 0.254 e. The highest BCUT2D eigenvalue weighted by atomic mass is 32.1. The highest BCUT2D eigenvalue weighted by molar-refractivity contribution is 7.11. The Morgan fingerprint density at radius 2 is 1.42 bits per heavy atom. The Labute approximate surface area is 216 Å². The summed E-state index contributed by atoms with van der Waals surface area (Å²) in [6.45, 7) is 3.25. The van der Waals surface area contributed by atoms with Crippen molar-refractivity contribution < 1.29 is 9.59 Å². The Bertz CT molecular complexity index is 1310. The second-order valence-corrected chi connectivity index (χ2v) is 10.7. The highest BCUT2D eigenvalue weighted by Crippen LogP contribution is 2.29. The zero-order chi connectivity index (χ0) is 24.9. The largest absolute Gasteiger partial charge is 0.332 e. The van der Waals surface area contributed by atoms with Crippen LogP contribution in [0.15, 0.2) is 97.1 Å². The molecule has 2 amide bonds. The zero-order valence-electron chi connectivity index (χ0n) is 20.5. The molecule has 5 rings (SSSR count). The number of aryl methyl sites for hydroxylation is 1. The Morgan fingerprint density at radius 3 is 2.03 bits per heavy atom. The highest BCUT2D eigenvalue weighted by Gasteiger charge is 2.35. The van der Waals surface area contributed by atoms with E-state index in [0.29, 0.717) is 18.7 Å². The molecule has 3 aromatic carbocycles. The summed E-state index contributed by atoms with van der Waals surface area (Å²) in [6, 6.07) is 32.2. The summed E-state index contributed by atoms with van der Waals surface area (Å²) >= 11 is 1.71. The summed E-state index contributed by atoms with van der Waals surface area (Å²) in [5, 5.41) is 0. The number of rotatable bonds is 9. The van der Waals surface area contributed by atoms with Crippen molar-refractivity contribution in [3.63, 3.8) is 0 Å². The van der Waals surface area contributed by atoms with E-state index in [0.717, 1.165) is 34.4 Å². The molecule has 1 saturated carbocycles. The van der Waals surface area contributed by atoms with Crippen LogP contribution in [-0.4, -0.2) is 34.2 Å². The predicted octanol–water partition coefficient (Wildman–Crippen LogP) is 6.56. The van der Waals surface area contributed by atoms with Crippen LogP contribution in [0.25, 0.3) is 11.1 Å². The summed E-state index contributed by atoms with van der Waals surface area (Å²) < 4.78 is 0. The molecule has 182 valence electrons. The minimum atomic E-state index is -0.0721. The van der Waals surface area contributed by atoms with Crippen LogP contribution in [0.3, 0.4) is 0 Å². The van der Waals surface area contributed by atoms with E-state index in [2.05, 4.69) is 31.2 Å². The first-order valence-electron chi connectivity index (χ1n) is 12.4. The van der Waals surface area contributed by atoms with Gasteiger partial charge in [0.15, 0.2) is 0 Å². The van der Waals surface area contributed by atoms with Crippen molar-refractivity contribution in [3.8, 4) is 11.1 Å². The van der Waals surface area contributed by atoms with Gasteiger partial charge in [-0.25, -0.2) is 0 Å². The SMILES string of the molecule is Cc1ccc(CN(Cc2ccccc2)C(=O)CN(C(=O)c2ccc(-c3ccccc3)cc2)C2CC2)s1. The molecular formula is C31H30N2O2S. The molecule has 0 aliphatic heterocycles. The lowest BCUT2D eigenvalue weighted by molar-refractivity contribution is -0.133. The lowest BCUT2D eigenvalue weighted by atomic mass is 10.0. The van der Waals surface area contributed by atoms with Crippen molar-refractivity contribution in [2.45, 2.75) is 38.9 Å². The first-order chi connectivity index (χ1) is 17.6. The third-order valence-electron chi connectivity index (χ3n) is 6.50. The smallest absolute Gasteiger partial charge is 0.254 e. The standard InChI is InChI=1S/C31H30N2O2S/c1-23-12-19-29(36-23)21-32(20-24-8-4-2-5-9-24)30(34)22-33(28-17-18-28)31(35)27-15-13-26(14-16-27)25-10-6-3-7-11-25/h2-16,19,28H,17-18,20-22H2,1H3. The molecular weight excluding hydrogens is 464 g/mol. The molecule has 0 unspecified atom stereocenters. The van der Waals surface area contributed by atoms with Gasteiger partial charge in [0.25, 0.3) is 5.91 Å². The van der Waals surface area contributed by atoms with E-state index >= 15 is 0 Å². The lowest BCUT2D eigenvalue weighted by Gasteiger charge is -2.28. The summed E-state index contributed by atoms with van der Waals surface area (Å²) in [5.41, 5.74) is 3.89. The molecule has 5 heteroatoms. The van der Waals surface area contributed by atoms with Crippen LogP contribution in [0.4, 0.5) is 0 Å². The molecule has 1 fully saturated rings. The van der Waals surface area contributed by atoms with Crippen LogP contribution in [-0.2, 0) is 17.9 Å². The predicted molar refractivity (Wildman–Crippen MR) is 146 cm³/mol. The van der Waals surface area contributed by atoms with Gasteiger partial charge in [-0.05, 0) is 60.7 Å². The molecule has 0 spiro atoms. The molecule has 4 nitrogen and oxygen atoms in total. The molecule has 0 N–H and O–H groups in total. The average Bonchev–Trinajstić information content (AvgIpc) is 3.68. The van der Waals surface area contributed by atoms with Crippen LogP contribution >= 0.6 is 11.3 Å². The van der Waals surface area contributed by atoms with Crippen molar-refractivity contribution in [3.05, 3.63) is 118 Å². The number of thiophene rings is 1. The van der Waals surface area contributed by atoms with Crippen LogP contribution in [0.5, 0.6) is 0 Å². The average molecular weight is 495 g/mol. The lowest BCUT2D eigenvalue weighted by Crippen LogP contribution is -2.43. The fraction of sp³-hybridized carbons (Fsp3) is 0.226. The first kappa shape index (κ1) is 24.0. The topological polar surface area (TPSA) is 40.6 Å². The number of amides is 2. The van der Waals surface area contributed by atoms with E-state index in [-0.39, 0.29) is 24.4 Å².